The SMILES string of the molecule is CC[NH+](CC)CC.CC[NH+](CC)CC.NCC(=O)NCOCCn1cnc2c(ncn2[C@@H]2O[C@@H]3COP(=O)([S-])O[C@H]4[C@@H](F)[C@H](n5cc6c7c(ncnc75)NCCC6)O[C@@H]4COP([O-])(=S)O[C@@H]2[C@@H]3O)c1=O. The maximum Gasteiger partial charge on any atom is 0.281 e. The van der Waals surface area contributed by atoms with Gasteiger partial charge in [-0.15, -0.1) is 0 Å². The second-order valence-electron chi connectivity index (χ2n) is 16.7. The second kappa shape index (κ2) is 25.7. The summed E-state index contributed by atoms with van der Waals surface area (Å²) in [6.07, 6.45) is -5.44. The number of alkyl halides is 1. The summed E-state index contributed by atoms with van der Waals surface area (Å²) in [5.74, 6) is 0.182. The van der Waals surface area contributed by atoms with Crippen molar-refractivity contribution in [2.75, 3.05) is 84.2 Å². The number of aliphatic hydroxyl groups excluding tert-OH is 1. The minimum Gasteiger partial charge on any atom is -0.780 e. The van der Waals surface area contributed by atoms with Crippen molar-refractivity contribution in [2.45, 2.75) is 110 Å². The lowest BCUT2D eigenvalue weighted by Gasteiger charge is -2.34. The quantitative estimate of drug-likeness (QED) is 0.0377. The molecule has 70 heavy (non-hydrogen) atoms. The number of aryl methyl sites for hydroxylation is 1. The topological polar surface area (TPSA) is 284 Å². The Hall–Kier alpha value is -3.08. The number of fused-ring (bicyclic) bond motifs is 4. The number of rotatable bonds is 14. The van der Waals surface area contributed by atoms with E-state index in [1.165, 1.54) is 72.0 Å². The van der Waals surface area contributed by atoms with Gasteiger partial charge in [0.05, 0.1) is 83.9 Å². The van der Waals surface area contributed by atoms with Crippen LogP contribution >= 0.6 is 13.5 Å². The van der Waals surface area contributed by atoms with E-state index < -0.39 is 87.3 Å². The van der Waals surface area contributed by atoms with Crippen LogP contribution < -0.4 is 36.6 Å². The summed E-state index contributed by atoms with van der Waals surface area (Å²) in [6, 6.07) is 0. The Morgan fingerprint density at radius 3 is 2.30 bits per heavy atom. The molecular weight excluding hydrogens is 998 g/mol. The largest absolute Gasteiger partial charge is 0.780 e. The van der Waals surface area contributed by atoms with Crippen molar-refractivity contribution in [1.29, 1.82) is 0 Å². The number of quaternary nitrogens is 2. The van der Waals surface area contributed by atoms with Crippen molar-refractivity contribution in [3.8, 4) is 0 Å². The molecule has 392 valence electrons. The summed E-state index contributed by atoms with van der Waals surface area (Å²) in [7, 11) is 0. The average Bonchev–Trinajstić information content (AvgIpc) is 4.06. The van der Waals surface area contributed by atoms with Gasteiger partial charge < -0.3 is 85.3 Å². The Kier molecular flexibility index (Phi) is 20.7. The highest BCUT2D eigenvalue weighted by Gasteiger charge is 2.52. The van der Waals surface area contributed by atoms with E-state index in [0.29, 0.717) is 29.8 Å². The maximum atomic E-state index is 16.5. The van der Waals surface area contributed by atoms with Crippen LogP contribution in [0.3, 0.4) is 0 Å². The highest BCUT2D eigenvalue weighted by atomic mass is 32.7. The van der Waals surface area contributed by atoms with Gasteiger partial charge in [-0.3, -0.25) is 23.3 Å². The number of carbonyl (C=O) groups is 1. The fourth-order valence-electron chi connectivity index (χ4n) is 8.45. The fraction of sp³-hybridized carbons (Fsp3) is 0.707. The molecule has 2 bridgehead atoms. The number of anilines is 1. The van der Waals surface area contributed by atoms with Crippen LogP contribution in [0.1, 0.15) is 66.0 Å². The molecule has 0 radical (unpaired) electrons. The first-order valence-corrected chi connectivity index (χ1v) is 28.8. The van der Waals surface area contributed by atoms with Crippen molar-refractivity contribution in [3.63, 3.8) is 0 Å². The molecule has 1 amide bonds. The molecule has 0 aliphatic carbocycles. The number of aromatic nitrogens is 7. The number of aliphatic hydroxyl groups is 1. The Morgan fingerprint density at radius 2 is 1.64 bits per heavy atom. The standard InChI is InChI=1S/C29H37FN10O12P2S2.2C6H15N/c30-19-22-16(50-28(19)39-7-14-2-1-3-32-24-18(14)25(39)34-10-33-24)9-48-54(45,56)52-23-21(42)15(8-47-53(44,55)51-22)49-29(23)40-12-35-20-26(40)36-11-38(27(20)43)4-5-46-13-37-17(41)6-31;2*1-4-7(5-2)6-3/h7,10-12,15-16,19,21-23,28-29,42H,1-6,8-9,13,31H2,(H,37,41)(H,44,55)(H,45,56)(H,32,33,34);2*4-6H2,1-3H3/t15-,16-,19-,21-,22-,23-,28-,29-,53?,54?;;/m1../s1. The predicted octanol–water partition coefficient (Wildman–Crippen LogP) is -1.14. The molecule has 8 heterocycles. The summed E-state index contributed by atoms with van der Waals surface area (Å²) in [5.41, 5.74) is 5.82. The van der Waals surface area contributed by atoms with Gasteiger partial charge in [0, 0.05) is 12.7 Å². The molecule has 29 heteroatoms. The number of halogens is 1. The van der Waals surface area contributed by atoms with Gasteiger partial charge in [0.1, 0.15) is 68.1 Å². The monoisotopic (exact) mass is 1060 g/mol. The minimum atomic E-state index is -4.57. The average molecular weight is 1070 g/mol. The van der Waals surface area contributed by atoms with Crippen molar-refractivity contribution in [2.24, 2.45) is 5.73 Å². The fourth-order valence-corrected chi connectivity index (χ4v) is 11.3. The van der Waals surface area contributed by atoms with E-state index in [9.17, 15) is 24.2 Å². The Labute approximate surface area is 416 Å². The number of nitrogens with two attached hydrogens (primary N) is 1. The molecule has 0 aromatic carbocycles. The number of hydrogen-bond donors (Lipinski definition) is 6. The summed E-state index contributed by atoms with van der Waals surface area (Å²) >= 11 is 10.4. The first-order chi connectivity index (χ1) is 33.5. The lowest BCUT2D eigenvalue weighted by Crippen LogP contribution is -3.11. The maximum absolute atomic E-state index is 16.5. The van der Waals surface area contributed by atoms with Crippen LogP contribution in [-0.4, -0.2) is 160 Å². The van der Waals surface area contributed by atoms with Gasteiger partial charge in [-0.1, -0.05) is 11.8 Å². The van der Waals surface area contributed by atoms with Crippen LogP contribution in [0.15, 0.2) is 30.0 Å². The molecule has 4 aromatic heterocycles. The highest BCUT2D eigenvalue weighted by Crippen LogP contribution is 2.54. The lowest BCUT2D eigenvalue weighted by molar-refractivity contribution is -0.894. The van der Waals surface area contributed by atoms with Gasteiger partial charge in [0.25, 0.3) is 5.56 Å². The van der Waals surface area contributed by atoms with Crippen LogP contribution in [0.4, 0.5) is 10.2 Å². The van der Waals surface area contributed by atoms with Crippen molar-refractivity contribution >= 4 is 71.5 Å². The van der Waals surface area contributed by atoms with E-state index in [0.717, 1.165) is 12.0 Å². The number of nitrogens with zero attached hydrogens (tertiary/aromatic N) is 7. The van der Waals surface area contributed by atoms with Gasteiger partial charge in [0.15, 0.2) is 36.6 Å². The minimum absolute atomic E-state index is 0.00432. The first-order valence-electron chi connectivity index (χ1n) is 23.7. The molecule has 4 aromatic rings. The molecule has 8 rings (SSSR count). The zero-order valence-electron chi connectivity index (χ0n) is 40.3. The normalized spacial score (nSPS) is 28.9. The molecule has 7 N–H and O–H groups in total. The van der Waals surface area contributed by atoms with Crippen molar-refractivity contribution in [3.05, 3.63) is 41.1 Å². The van der Waals surface area contributed by atoms with Gasteiger partial charge in [0.2, 0.25) is 5.91 Å². The number of nitrogens with one attached hydrogen (secondary N) is 4. The third-order valence-electron chi connectivity index (χ3n) is 12.6. The molecule has 3 saturated heterocycles. The molecule has 4 aliphatic rings. The molecule has 4 aliphatic heterocycles. The van der Waals surface area contributed by atoms with Crippen LogP contribution in [0.25, 0.3) is 22.2 Å². The third kappa shape index (κ3) is 13.5. The molecule has 2 unspecified atom stereocenters. The van der Waals surface area contributed by atoms with Gasteiger partial charge in [-0.05, 0) is 59.9 Å². The number of ether oxygens (including phenoxy) is 3. The highest BCUT2D eigenvalue weighted by molar-refractivity contribution is 8.32. The lowest BCUT2D eigenvalue weighted by atomic mass is 10.1. The van der Waals surface area contributed by atoms with E-state index >= 15 is 4.39 Å². The predicted molar refractivity (Wildman–Crippen MR) is 259 cm³/mol. The van der Waals surface area contributed by atoms with Crippen LogP contribution in [0, 0.1) is 0 Å². The van der Waals surface area contributed by atoms with Crippen LogP contribution in [0.5, 0.6) is 0 Å². The molecular formula is C41H67FN12O12P2S2. The number of carbonyl (C=O) groups excluding carboxylic acids is 1. The molecule has 0 spiro atoms. The van der Waals surface area contributed by atoms with Crippen molar-refractivity contribution < 1.29 is 65.9 Å². The smallest absolute Gasteiger partial charge is 0.281 e. The van der Waals surface area contributed by atoms with Gasteiger partial charge in [-0.25, -0.2) is 24.3 Å². The van der Waals surface area contributed by atoms with E-state index in [2.05, 4.69) is 72.1 Å². The van der Waals surface area contributed by atoms with Gasteiger partial charge in [-0.2, -0.15) is 0 Å². The zero-order valence-corrected chi connectivity index (χ0v) is 43.7. The summed E-state index contributed by atoms with van der Waals surface area (Å²) in [5, 5.41) is 17.7. The first kappa shape index (κ1) is 56.2. The Bertz CT molecular complexity index is 2480. The molecule has 24 nitrogen and oxygen atoms in total. The molecule has 0 saturated carbocycles. The van der Waals surface area contributed by atoms with Gasteiger partial charge >= 0.3 is 0 Å². The Morgan fingerprint density at radius 1 is 0.971 bits per heavy atom. The van der Waals surface area contributed by atoms with E-state index in [1.807, 2.05) is 0 Å². The van der Waals surface area contributed by atoms with Crippen molar-refractivity contribution in [1.82, 2.24) is 39.0 Å². The van der Waals surface area contributed by atoms with Crippen LogP contribution in [-0.2, 0) is 78.7 Å². The number of imidazole rings is 1. The van der Waals surface area contributed by atoms with E-state index in [-0.39, 0.29) is 37.6 Å². The summed E-state index contributed by atoms with van der Waals surface area (Å²) in [6.45, 7) is 11.0. The Balaban J connectivity index is 0.000000503. The van der Waals surface area contributed by atoms with E-state index in [1.54, 1.807) is 16.0 Å². The third-order valence-corrected chi connectivity index (χ3v) is 15.7. The second-order valence-corrected chi connectivity index (χ2v) is 22.2. The number of amides is 1. The molecule has 3 fully saturated rings. The molecule has 10 atom stereocenters. The zero-order chi connectivity index (χ0) is 50.8. The van der Waals surface area contributed by atoms with E-state index in [4.69, 9.17) is 62.1 Å². The van der Waals surface area contributed by atoms with Crippen LogP contribution in [0.2, 0.25) is 0 Å². The number of hydrogen-bond acceptors (Lipinski definition) is 20. The summed E-state index contributed by atoms with van der Waals surface area (Å²) in [4.78, 5) is 58.9. The summed E-state index contributed by atoms with van der Waals surface area (Å²) < 4.78 is 73.8.